The molecule has 2 N–H and O–H groups in total. The van der Waals surface area contributed by atoms with Crippen LogP contribution in [0.1, 0.15) is 18.4 Å². The summed E-state index contributed by atoms with van der Waals surface area (Å²) in [4.78, 5) is 18.0. The largest absolute Gasteiger partial charge is 0.497 e. The van der Waals surface area contributed by atoms with Crippen molar-refractivity contribution in [1.82, 2.24) is 15.2 Å². The molecule has 1 heterocycles. The molecular weight excluding hydrogens is 278 g/mol. The zero-order valence-corrected chi connectivity index (χ0v) is 13.4. The minimum Gasteiger partial charge on any atom is -0.497 e. The smallest absolute Gasteiger partial charge is 0.230 e. The van der Waals surface area contributed by atoms with Crippen LogP contribution in [0.3, 0.4) is 0 Å². The molecule has 0 radical (unpaired) electrons. The van der Waals surface area contributed by atoms with Gasteiger partial charge in [-0.1, -0.05) is 0 Å². The first-order chi connectivity index (χ1) is 10.6. The average Bonchev–Trinajstić information content (AvgIpc) is 3.20. The van der Waals surface area contributed by atoms with Crippen LogP contribution in [0.25, 0.3) is 10.9 Å². The molecule has 1 aliphatic carbocycles. The molecule has 1 amide bonds. The van der Waals surface area contributed by atoms with Crippen molar-refractivity contribution in [1.29, 1.82) is 0 Å². The maximum atomic E-state index is 12.6. The van der Waals surface area contributed by atoms with Crippen molar-refractivity contribution in [2.24, 2.45) is 0 Å². The number of fused-ring (bicyclic) bond motifs is 1. The van der Waals surface area contributed by atoms with E-state index in [1.165, 1.54) is 0 Å². The molecule has 118 valence electrons. The highest BCUT2D eigenvalue weighted by molar-refractivity contribution is 5.97. The predicted molar refractivity (Wildman–Crippen MR) is 87.3 cm³/mol. The van der Waals surface area contributed by atoms with Crippen molar-refractivity contribution in [3.8, 4) is 5.75 Å². The molecule has 2 aromatic rings. The second-order valence-corrected chi connectivity index (χ2v) is 6.26. The first kappa shape index (κ1) is 14.9. The molecule has 0 aliphatic heterocycles. The number of likely N-dealkylation sites (N-methyl/N-ethyl adjacent to an activating group) is 1. The number of ether oxygens (including phenoxy) is 1. The molecule has 22 heavy (non-hydrogen) atoms. The summed E-state index contributed by atoms with van der Waals surface area (Å²) in [6.07, 6.45) is 3.79. The predicted octanol–water partition coefficient (Wildman–Crippen LogP) is 1.89. The lowest BCUT2D eigenvalue weighted by Gasteiger charge is -2.16. The second kappa shape index (κ2) is 5.65. The third-order valence-corrected chi connectivity index (χ3v) is 4.43. The highest BCUT2D eigenvalue weighted by atomic mass is 16.5. The van der Waals surface area contributed by atoms with E-state index >= 15 is 0 Å². The number of benzene rings is 1. The minimum absolute atomic E-state index is 0.137. The van der Waals surface area contributed by atoms with Crippen molar-refractivity contribution < 1.29 is 9.53 Å². The lowest BCUT2D eigenvalue weighted by molar-refractivity contribution is -0.123. The number of H-pyrrole nitrogens is 1. The Morgan fingerprint density at radius 1 is 1.41 bits per heavy atom. The average molecular weight is 301 g/mol. The Kier molecular flexibility index (Phi) is 3.83. The number of amides is 1. The number of carbonyl (C=O) groups is 1. The van der Waals surface area contributed by atoms with Gasteiger partial charge in [0.15, 0.2) is 0 Å². The molecule has 0 atom stereocenters. The van der Waals surface area contributed by atoms with E-state index in [4.69, 9.17) is 4.74 Å². The highest BCUT2D eigenvalue weighted by Crippen LogP contribution is 2.50. The molecule has 1 fully saturated rings. The fourth-order valence-electron chi connectivity index (χ4n) is 2.93. The van der Waals surface area contributed by atoms with E-state index in [1.807, 2.05) is 38.5 Å². The Morgan fingerprint density at radius 3 is 2.82 bits per heavy atom. The van der Waals surface area contributed by atoms with Crippen molar-refractivity contribution >= 4 is 16.8 Å². The van der Waals surface area contributed by atoms with Crippen LogP contribution < -0.4 is 10.1 Å². The lowest BCUT2D eigenvalue weighted by Crippen LogP contribution is -2.38. The van der Waals surface area contributed by atoms with Gasteiger partial charge in [-0.05, 0) is 50.7 Å². The zero-order chi connectivity index (χ0) is 15.7. The number of aromatic amines is 1. The molecule has 0 spiro atoms. The summed E-state index contributed by atoms with van der Waals surface area (Å²) in [6, 6.07) is 5.94. The Hall–Kier alpha value is -2.01. The number of carbonyl (C=O) groups excluding carboxylic acids is 1. The van der Waals surface area contributed by atoms with Crippen LogP contribution in [0.15, 0.2) is 24.4 Å². The number of rotatable bonds is 6. The molecule has 0 saturated heterocycles. The van der Waals surface area contributed by atoms with Gasteiger partial charge >= 0.3 is 0 Å². The van der Waals surface area contributed by atoms with Crippen LogP contribution in [0.4, 0.5) is 0 Å². The van der Waals surface area contributed by atoms with Gasteiger partial charge in [-0.2, -0.15) is 0 Å². The minimum atomic E-state index is -0.364. The first-order valence-corrected chi connectivity index (χ1v) is 7.65. The molecule has 1 aromatic carbocycles. The standard InChI is InChI=1S/C17H23N3O2/c1-20(2)9-8-18-16(21)17(6-7-17)14-11-19-15-5-4-12(22-3)10-13(14)15/h4-5,10-11,19H,6-9H2,1-3H3,(H,18,21). The monoisotopic (exact) mass is 301 g/mol. The maximum Gasteiger partial charge on any atom is 0.230 e. The summed E-state index contributed by atoms with van der Waals surface area (Å²) in [5, 5.41) is 4.16. The van der Waals surface area contributed by atoms with Gasteiger partial charge in [-0.25, -0.2) is 0 Å². The molecular formula is C17H23N3O2. The van der Waals surface area contributed by atoms with Gasteiger partial charge in [0.25, 0.3) is 0 Å². The Labute approximate surface area is 130 Å². The van der Waals surface area contributed by atoms with E-state index in [0.717, 1.165) is 41.6 Å². The lowest BCUT2D eigenvalue weighted by atomic mass is 9.94. The summed E-state index contributed by atoms with van der Waals surface area (Å²) in [7, 11) is 5.67. The number of nitrogens with zero attached hydrogens (tertiary/aromatic N) is 1. The second-order valence-electron chi connectivity index (χ2n) is 6.26. The molecule has 0 bridgehead atoms. The molecule has 5 nitrogen and oxygen atoms in total. The van der Waals surface area contributed by atoms with Crippen LogP contribution in [0.5, 0.6) is 5.75 Å². The van der Waals surface area contributed by atoms with Crippen LogP contribution in [0.2, 0.25) is 0 Å². The van der Waals surface area contributed by atoms with Crippen molar-refractivity contribution in [2.75, 3.05) is 34.3 Å². The quantitative estimate of drug-likeness (QED) is 0.856. The summed E-state index contributed by atoms with van der Waals surface area (Å²) < 4.78 is 5.31. The van der Waals surface area contributed by atoms with Crippen molar-refractivity contribution in [3.05, 3.63) is 30.0 Å². The van der Waals surface area contributed by atoms with Crippen molar-refractivity contribution in [3.63, 3.8) is 0 Å². The first-order valence-electron chi connectivity index (χ1n) is 7.65. The van der Waals surface area contributed by atoms with E-state index in [0.29, 0.717) is 6.54 Å². The van der Waals surface area contributed by atoms with E-state index in [1.54, 1.807) is 7.11 Å². The molecule has 1 saturated carbocycles. The summed E-state index contributed by atoms with van der Waals surface area (Å²) >= 11 is 0. The third kappa shape index (κ3) is 2.57. The topological polar surface area (TPSA) is 57.4 Å². The Morgan fingerprint density at radius 2 is 2.18 bits per heavy atom. The third-order valence-electron chi connectivity index (χ3n) is 4.43. The normalized spacial score (nSPS) is 16.0. The van der Waals surface area contributed by atoms with Gasteiger partial charge in [0, 0.05) is 30.2 Å². The van der Waals surface area contributed by atoms with Gasteiger partial charge < -0.3 is 19.9 Å². The van der Waals surface area contributed by atoms with Gasteiger partial charge in [0.1, 0.15) is 5.75 Å². The van der Waals surface area contributed by atoms with Crippen LogP contribution in [-0.2, 0) is 10.2 Å². The summed E-state index contributed by atoms with van der Waals surface area (Å²) in [5.41, 5.74) is 1.77. The van der Waals surface area contributed by atoms with Gasteiger partial charge in [0.2, 0.25) is 5.91 Å². The van der Waals surface area contributed by atoms with Gasteiger partial charge in [-0.3, -0.25) is 4.79 Å². The Balaban J connectivity index is 1.85. The molecule has 5 heteroatoms. The molecule has 0 unspecified atom stereocenters. The number of aromatic nitrogens is 1. The van der Waals surface area contributed by atoms with Crippen LogP contribution in [0, 0.1) is 0 Å². The summed E-state index contributed by atoms with van der Waals surface area (Å²) in [5.74, 6) is 0.954. The highest BCUT2D eigenvalue weighted by Gasteiger charge is 2.52. The van der Waals surface area contributed by atoms with Crippen LogP contribution >= 0.6 is 0 Å². The van der Waals surface area contributed by atoms with E-state index in [-0.39, 0.29) is 11.3 Å². The molecule has 1 aromatic heterocycles. The molecule has 3 rings (SSSR count). The van der Waals surface area contributed by atoms with E-state index < -0.39 is 0 Å². The number of hydrogen-bond donors (Lipinski definition) is 2. The van der Waals surface area contributed by atoms with E-state index in [9.17, 15) is 4.79 Å². The number of methoxy groups -OCH3 is 1. The Bertz CT molecular complexity index is 686. The summed E-state index contributed by atoms with van der Waals surface area (Å²) in [6.45, 7) is 1.53. The van der Waals surface area contributed by atoms with Crippen molar-refractivity contribution in [2.45, 2.75) is 18.3 Å². The number of hydrogen-bond acceptors (Lipinski definition) is 3. The fourth-order valence-corrected chi connectivity index (χ4v) is 2.93. The van der Waals surface area contributed by atoms with Gasteiger partial charge in [0.05, 0.1) is 12.5 Å². The molecule has 1 aliphatic rings. The fraction of sp³-hybridized carbons (Fsp3) is 0.471. The van der Waals surface area contributed by atoms with Crippen LogP contribution in [-0.4, -0.2) is 50.1 Å². The van der Waals surface area contributed by atoms with Gasteiger partial charge in [-0.15, -0.1) is 0 Å². The maximum absolute atomic E-state index is 12.6. The SMILES string of the molecule is COc1ccc2[nH]cc(C3(C(=O)NCCN(C)C)CC3)c2c1. The van der Waals surface area contributed by atoms with E-state index in [2.05, 4.69) is 15.2 Å². The zero-order valence-electron chi connectivity index (χ0n) is 13.4. The number of nitrogens with one attached hydrogen (secondary N) is 2.